The highest BCUT2D eigenvalue weighted by molar-refractivity contribution is 9.10. The number of hydrogen-bond donors (Lipinski definition) is 1. The number of halogens is 2. The summed E-state index contributed by atoms with van der Waals surface area (Å²) in [6.45, 7) is 2.19. The van der Waals surface area contributed by atoms with Gasteiger partial charge in [-0.15, -0.1) is 0 Å². The van der Waals surface area contributed by atoms with Crippen molar-refractivity contribution >= 4 is 21.8 Å². The number of amides is 1. The van der Waals surface area contributed by atoms with Crippen LogP contribution in [-0.4, -0.2) is 11.9 Å². The Balaban J connectivity index is 2.02. The molecule has 2 rings (SSSR count). The Morgan fingerprint density at radius 1 is 1.47 bits per heavy atom. The zero-order valence-electron chi connectivity index (χ0n) is 11.1. The van der Waals surface area contributed by atoms with E-state index in [1.54, 1.807) is 6.07 Å². The third-order valence-corrected chi connectivity index (χ3v) is 4.56. The van der Waals surface area contributed by atoms with Gasteiger partial charge in [-0.05, 0) is 52.9 Å². The summed E-state index contributed by atoms with van der Waals surface area (Å²) in [4.78, 5) is 12.2. The van der Waals surface area contributed by atoms with Gasteiger partial charge in [-0.1, -0.05) is 26.2 Å². The minimum Gasteiger partial charge on any atom is -0.349 e. The maximum absolute atomic E-state index is 13.2. The Morgan fingerprint density at radius 3 is 3.00 bits per heavy atom. The normalized spacial score (nSPS) is 23.1. The first-order chi connectivity index (χ1) is 9.10. The molecule has 0 heterocycles. The van der Waals surface area contributed by atoms with Crippen LogP contribution in [0.25, 0.3) is 0 Å². The van der Waals surface area contributed by atoms with Crippen molar-refractivity contribution in [3.63, 3.8) is 0 Å². The van der Waals surface area contributed by atoms with Crippen LogP contribution in [0.1, 0.15) is 49.4 Å². The average molecular weight is 328 g/mol. The molecule has 2 atom stereocenters. The van der Waals surface area contributed by atoms with Gasteiger partial charge in [0.15, 0.2) is 0 Å². The Bertz CT molecular complexity index is 463. The van der Waals surface area contributed by atoms with Gasteiger partial charge >= 0.3 is 0 Å². The molecule has 0 spiro atoms. The van der Waals surface area contributed by atoms with Crippen LogP contribution < -0.4 is 5.32 Å². The zero-order chi connectivity index (χ0) is 13.8. The van der Waals surface area contributed by atoms with Gasteiger partial charge in [-0.25, -0.2) is 4.39 Å². The molecule has 2 unspecified atom stereocenters. The van der Waals surface area contributed by atoms with Gasteiger partial charge in [0.1, 0.15) is 5.82 Å². The second kappa shape index (κ2) is 6.51. The van der Waals surface area contributed by atoms with E-state index in [9.17, 15) is 9.18 Å². The summed E-state index contributed by atoms with van der Waals surface area (Å²) in [5, 5.41) is 3.03. The van der Waals surface area contributed by atoms with Crippen molar-refractivity contribution in [3.05, 3.63) is 34.1 Å². The number of nitrogens with one attached hydrogen (secondary N) is 1. The molecule has 1 amide bonds. The van der Waals surface area contributed by atoms with Crippen molar-refractivity contribution in [2.24, 2.45) is 5.92 Å². The third kappa shape index (κ3) is 3.78. The van der Waals surface area contributed by atoms with Crippen molar-refractivity contribution in [2.75, 3.05) is 0 Å². The molecule has 2 nitrogen and oxygen atoms in total. The molecular formula is C15H19BrFNO. The van der Waals surface area contributed by atoms with Gasteiger partial charge in [0.2, 0.25) is 0 Å². The summed E-state index contributed by atoms with van der Waals surface area (Å²) in [5.74, 6) is 0.131. The lowest BCUT2D eigenvalue weighted by molar-refractivity contribution is 0.0918. The van der Waals surface area contributed by atoms with E-state index in [1.165, 1.54) is 18.6 Å². The molecule has 104 valence electrons. The summed E-state index contributed by atoms with van der Waals surface area (Å²) < 4.78 is 13.8. The van der Waals surface area contributed by atoms with Crippen molar-refractivity contribution in [1.82, 2.24) is 5.32 Å². The minimum atomic E-state index is -0.386. The predicted molar refractivity (Wildman–Crippen MR) is 77.6 cm³/mol. The number of benzene rings is 1. The molecule has 0 aromatic heterocycles. The molecule has 1 fully saturated rings. The van der Waals surface area contributed by atoms with Crippen LogP contribution in [0.5, 0.6) is 0 Å². The van der Waals surface area contributed by atoms with Crippen LogP contribution >= 0.6 is 15.9 Å². The van der Waals surface area contributed by atoms with E-state index in [0.717, 1.165) is 25.7 Å². The topological polar surface area (TPSA) is 29.1 Å². The molecule has 1 saturated carbocycles. The first-order valence-electron chi connectivity index (χ1n) is 6.86. The Labute approximate surface area is 121 Å². The van der Waals surface area contributed by atoms with Crippen LogP contribution in [0.4, 0.5) is 4.39 Å². The molecule has 1 aliphatic carbocycles. The maximum atomic E-state index is 13.2. The highest BCUT2D eigenvalue weighted by atomic mass is 79.9. The Kier molecular flexibility index (Phi) is 4.97. The number of rotatable bonds is 3. The SMILES string of the molecule is CCC1CCCC(NC(=O)c2cc(F)ccc2Br)C1. The molecule has 19 heavy (non-hydrogen) atoms. The van der Waals surface area contributed by atoms with Crippen LogP contribution in [0, 0.1) is 11.7 Å². The lowest BCUT2D eigenvalue weighted by Gasteiger charge is -2.29. The molecular weight excluding hydrogens is 309 g/mol. The summed E-state index contributed by atoms with van der Waals surface area (Å²) >= 11 is 3.29. The van der Waals surface area contributed by atoms with Gasteiger partial charge in [0.05, 0.1) is 5.56 Å². The largest absolute Gasteiger partial charge is 0.349 e. The van der Waals surface area contributed by atoms with E-state index in [1.807, 2.05) is 0 Å². The average Bonchev–Trinajstić information content (AvgIpc) is 2.41. The quantitative estimate of drug-likeness (QED) is 0.881. The van der Waals surface area contributed by atoms with E-state index < -0.39 is 0 Å². The Hall–Kier alpha value is -0.900. The van der Waals surface area contributed by atoms with Crippen LogP contribution in [0.3, 0.4) is 0 Å². The molecule has 1 aromatic rings. The van der Waals surface area contributed by atoms with E-state index >= 15 is 0 Å². The fraction of sp³-hybridized carbons (Fsp3) is 0.533. The minimum absolute atomic E-state index is 0.187. The lowest BCUT2D eigenvalue weighted by Crippen LogP contribution is -2.38. The molecule has 0 saturated heterocycles. The Morgan fingerprint density at radius 2 is 2.26 bits per heavy atom. The van der Waals surface area contributed by atoms with Crippen molar-refractivity contribution in [1.29, 1.82) is 0 Å². The zero-order valence-corrected chi connectivity index (χ0v) is 12.7. The van der Waals surface area contributed by atoms with Gasteiger partial charge in [-0.3, -0.25) is 4.79 Å². The van der Waals surface area contributed by atoms with Crippen LogP contribution in [-0.2, 0) is 0 Å². The molecule has 1 N–H and O–H groups in total. The van der Waals surface area contributed by atoms with Gasteiger partial charge in [-0.2, -0.15) is 0 Å². The first kappa shape index (κ1) is 14.5. The van der Waals surface area contributed by atoms with Gasteiger partial charge < -0.3 is 5.32 Å². The monoisotopic (exact) mass is 327 g/mol. The summed E-state index contributed by atoms with van der Waals surface area (Å²) in [6.07, 6.45) is 5.64. The van der Waals surface area contributed by atoms with Gasteiger partial charge in [0, 0.05) is 10.5 Å². The number of carbonyl (C=O) groups excluding carboxylic acids is 1. The summed E-state index contributed by atoms with van der Waals surface area (Å²) in [6, 6.07) is 4.41. The predicted octanol–water partition coefficient (Wildman–Crippen LogP) is 4.29. The summed E-state index contributed by atoms with van der Waals surface area (Å²) in [5.41, 5.74) is 0.374. The molecule has 1 aromatic carbocycles. The van der Waals surface area contributed by atoms with E-state index in [2.05, 4.69) is 28.2 Å². The first-order valence-corrected chi connectivity index (χ1v) is 7.65. The molecule has 0 aliphatic heterocycles. The second-order valence-electron chi connectivity index (χ2n) is 5.24. The van der Waals surface area contributed by atoms with E-state index in [-0.39, 0.29) is 17.8 Å². The highest BCUT2D eigenvalue weighted by Gasteiger charge is 2.23. The molecule has 0 bridgehead atoms. The summed E-state index contributed by atoms with van der Waals surface area (Å²) in [7, 11) is 0. The lowest BCUT2D eigenvalue weighted by atomic mass is 9.84. The van der Waals surface area contributed by atoms with Crippen molar-refractivity contribution in [2.45, 2.75) is 45.1 Å². The van der Waals surface area contributed by atoms with E-state index in [0.29, 0.717) is 16.0 Å². The standard InChI is InChI=1S/C15H19BrFNO/c1-2-10-4-3-5-12(8-10)18-15(19)13-9-11(17)6-7-14(13)16/h6-7,9-10,12H,2-5,8H2,1H3,(H,18,19). The van der Waals surface area contributed by atoms with Crippen molar-refractivity contribution < 1.29 is 9.18 Å². The van der Waals surface area contributed by atoms with Gasteiger partial charge in [0.25, 0.3) is 5.91 Å². The molecule has 1 aliphatic rings. The molecule has 0 radical (unpaired) electrons. The maximum Gasteiger partial charge on any atom is 0.252 e. The van der Waals surface area contributed by atoms with Crippen molar-refractivity contribution in [3.8, 4) is 0 Å². The smallest absolute Gasteiger partial charge is 0.252 e. The fourth-order valence-corrected chi connectivity index (χ4v) is 3.15. The number of hydrogen-bond acceptors (Lipinski definition) is 1. The van der Waals surface area contributed by atoms with Crippen LogP contribution in [0.15, 0.2) is 22.7 Å². The molecule has 4 heteroatoms. The number of carbonyl (C=O) groups is 1. The second-order valence-corrected chi connectivity index (χ2v) is 6.09. The fourth-order valence-electron chi connectivity index (χ4n) is 2.73. The highest BCUT2D eigenvalue weighted by Crippen LogP contribution is 2.27. The van der Waals surface area contributed by atoms with Crippen LogP contribution in [0.2, 0.25) is 0 Å². The third-order valence-electron chi connectivity index (χ3n) is 3.87. The van der Waals surface area contributed by atoms with E-state index in [4.69, 9.17) is 0 Å².